The van der Waals surface area contributed by atoms with Gasteiger partial charge >= 0.3 is 0 Å². The van der Waals surface area contributed by atoms with Gasteiger partial charge in [-0.2, -0.15) is 5.11 Å². The third-order valence-electron chi connectivity index (χ3n) is 0.441. The zero-order valence-electron chi connectivity index (χ0n) is 2.76. The maximum absolute atomic E-state index is 3.74. The second-order valence-electron chi connectivity index (χ2n) is 0.824. The lowest BCUT2D eigenvalue weighted by molar-refractivity contribution is 1.36. The molecule has 1 heterocycles. The van der Waals surface area contributed by atoms with Crippen LogP contribution in [0.4, 0.5) is 0 Å². The fourth-order valence-electron chi connectivity index (χ4n) is 0.236. The predicted molar refractivity (Wildman–Crippen MR) is 22.5 cm³/mol. The monoisotopic (exact) mass is 84.0 g/mol. The van der Waals surface area contributed by atoms with Gasteiger partial charge in [-0.1, -0.05) is 5.70 Å². The molecule has 0 aromatic rings. The molecular weight excluding hydrogens is 80.1 g/mol. The van der Waals surface area contributed by atoms with Gasteiger partial charge in [0.2, 0.25) is 9.68 Å². The molecule has 3 heteroatoms. The fraction of sp³-hybridized carbons (Fsp3) is 0. The second-order valence-corrected chi connectivity index (χ2v) is 1.94. The summed E-state index contributed by atoms with van der Waals surface area (Å²) in [5, 5.41) is 3.59. The van der Waals surface area contributed by atoms with E-state index in [1.807, 2.05) is 5.70 Å². The van der Waals surface area contributed by atoms with Crippen LogP contribution in [0.5, 0.6) is 0 Å². The van der Waals surface area contributed by atoms with Gasteiger partial charge in [0, 0.05) is 6.20 Å². The molecule has 0 N–H and O–H groups in total. The molecule has 0 amide bonds. The van der Waals surface area contributed by atoms with E-state index < -0.39 is 0 Å². The van der Waals surface area contributed by atoms with Crippen molar-refractivity contribution in [1.29, 1.82) is 0 Å². The summed E-state index contributed by atoms with van der Waals surface area (Å²) < 4.78 is 3.74. The van der Waals surface area contributed by atoms with Gasteiger partial charge in [0.1, 0.15) is 0 Å². The third-order valence-corrected chi connectivity index (χ3v) is 1.19. The van der Waals surface area contributed by atoms with Crippen LogP contribution in [0.25, 0.3) is 0 Å². The molecule has 0 bridgehead atoms. The highest BCUT2D eigenvalue weighted by atomic mass is 28.2. The van der Waals surface area contributed by atoms with Gasteiger partial charge in [-0.05, 0) is 0 Å². The minimum absolute atomic E-state index is 0.179. The van der Waals surface area contributed by atoms with Gasteiger partial charge in [-0.25, -0.2) is 4.78 Å². The lowest BCUT2D eigenvalue weighted by Gasteiger charge is -1.55. The molecule has 0 saturated carbocycles. The molecule has 0 aromatic carbocycles. The Balaban J connectivity index is 2.61. The molecule has 1 aliphatic rings. The molecule has 0 saturated heterocycles. The van der Waals surface area contributed by atoms with Crippen molar-refractivity contribution in [3.63, 3.8) is 0 Å². The molecule has 1 aliphatic heterocycles. The number of hydrogen-bond acceptors (Lipinski definition) is 2. The zero-order chi connectivity index (χ0) is 3.54. The quantitative estimate of drug-likeness (QED) is 0.369. The van der Waals surface area contributed by atoms with E-state index >= 15 is 0 Å². The first-order valence-electron chi connectivity index (χ1n) is 1.52. The summed E-state index contributed by atoms with van der Waals surface area (Å²) in [5.41, 5.74) is 2.04. The van der Waals surface area contributed by atoms with Crippen LogP contribution in [0, 0.1) is 0 Å². The summed E-state index contributed by atoms with van der Waals surface area (Å²) in [6.45, 7) is 0. The highest BCUT2D eigenvalue weighted by Gasteiger charge is 1.76. The van der Waals surface area contributed by atoms with Crippen molar-refractivity contribution in [3.8, 4) is 0 Å². The first kappa shape index (κ1) is 2.78. The molecule has 0 radical (unpaired) electrons. The maximum atomic E-state index is 3.74. The van der Waals surface area contributed by atoms with E-state index in [1.165, 1.54) is 0 Å². The lowest BCUT2D eigenvalue weighted by atomic mass is 11.1. The Morgan fingerprint density at radius 1 is 1.60 bits per heavy atom. The summed E-state index contributed by atoms with van der Waals surface area (Å²) >= 11 is 0. The first-order valence-corrected chi connectivity index (χ1v) is 2.96. The normalized spacial score (nSPS) is 22.4. The van der Waals surface area contributed by atoms with Gasteiger partial charge < -0.3 is 0 Å². The standard InChI is InChI=1S/C2H4N2Si/c1-2-5-4-3-1/h1-2H,5H2. The summed E-state index contributed by atoms with van der Waals surface area (Å²) in [6, 6.07) is 0. The van der Waals surface area contributed by atoms with Crippen molar-refractivity contribution >= 4 is 9.68 Å². The van der Waals surface area contributed by atoms with Crippen LogP contribution < -0.4 is 0 Å². The topological polar surface area (TPSA) is 24.7 Å². The number of rotatable bonds is 0. The molecule has 0 unspecified atom stereocenters. The molecule has 0 aromatic heterocycles. The molecule has 1 rings (SSSR count). The van der Waals surface area contributed by atoms with Gasteiger partial charge in [0.25, 0.3) is 0 Å². The van der Waals surface area contributed by atoms with Gasteiger partial charge in [-0.15, -0.1) is 0 Å². The highest BCUT2D eigenvalue weighted by Crippen LogP contribution is 1.83. The van der Waals surface area contributed by atoms with Crippen LogP contribution in [0.15, 0.2) is 21.8 Å². The Morgan fingerprint density at radius 2 is 2.60 bits per heavy atom. The summed E-state index contributed by atoms with van der Waals surface area (Å²) in [6.07, 6.45) is 1.76. The molecule has 0 fully saturated rings. The van der Waals surface area contributed by atoms with Crippen molar-refractivity contribution in [2.45, 2.75) is 0 Å². The van der Waals surface area contributed by atoms with Crippen molar-refractivity contribution in [3.05, 3.63) is 11.9 Å². The van der Waals surface area contributed by atoms with Crippen LogP contribution in [0.1, 0.15) is 0 Å². The third kappa shape index (κ3) is 0.415. The largest absolute Gasteiger partial charge is 0.237 e. The average Bonchev–Trinajstić information content (AvgIpc) is 1.76. The maximum Gasteiger partial charge on any atom is 0.204 e. The highest BCUT2D eigenvalue weighted by molar-refractivity contribution is 6.40. The molecule has 0 atom stereocenters. The van der Waals surface area contributed by atoms with Gasteiger partial charge in [0.15, 0.2) is 0 Å². The average molecular weight is 84.2 g/mol. The van der Waals surface area contributed by atoms with Crippen molar-refractivity contribution < 1.29 is 0 Å². The van der Waals surface area contributed by atoms with E-state index in [1.54, 1.807) is 6.20 Å². The first-order chi connectivity index (χ1) is 2.50. The Bertz CT molecular complexity index is 65.7. The van der Waals surface area contributed by atoms with Crippen molar-refractivity contribution in [2.75, 3.05) is 0 Å². The number of nitrogens with zero attached hydrogens (tertiary/aromatic N) is 2. The Labute approximate surface area is 32.5 Å². The fourth-order valence-corrected chi connectivity index (χ4v) is 0.707. The second kappa shape index (κ2) is 1.12. The molecule has 5 heavy (non-hydrogen) atoms. The van der Waals surface area contributed by atoms with Crippen molar-refractivity contribution in [1.82, 2.24) is 0 Å². The minimum Gasteiger partial charge on any atom is -0.237 e. The van der Waals surface area contributed by atoms with Crippen molar-refractivity contribution in [2.24, 2.45) is 9.89 Å². The van der Waals surface area contributed by atoms with Crippen LogP contribution in [-0.2, 0) is 0 Å². The van der Waals surface area contributed by atoms with E-state index in [2.05, 4.69) is 9.89 Å². The Kier molecular flexibility index (Phi) is 0.622. The zero-order valence-corrected chi connectivity index (χ0v) is 4.17. The van der Waals surface area contributed by atoms with E-state index in [4.69, 9.17) is 0 Å². The summed E-state index contributed by atoms with van der Waals surface area (Å²) in [4.78, 5) is 0. The van der Waals surface area contributed by atoms with Crippen LogP contribution in [-0.4, -0.2) is 9.68 Å². The van der Waals surface area contributed by atoms with E-state index in [0.29, 0.717) is 0 Å². The summed E-state index contributed by atoms with van der Waals surface area (Å²) in [5.74, 6) is 0. The van der Waals surface area contributed by atoms with E-state index in [0.717, 1.165) is 0 Å². The van der Waals surface area contributed by atoms with Crippen LogP contribution in [0.2, 0.25) is 0 Å². The van der Waals surface area contributed by atoms with Crippen LogP contribution in [0.3, 0.4) is 0 Å². The molecule has 2 nitrogen and oxygen atoms in total. The molecular formula is C2H4N2Si. The Morgan fingerprint density at radius 3 is 2.80 bits per heavy atom. The smallest absolute Gasteiger partial charge is 0.204 e. The van der Waals surface area contributed by atoms with Crippen LogP contribution >= 0.6 is 0 Å². The van der Waals surface area contributed by atoms with Gasteiger partial charge in [-0.3, -0.25) is 0 Å². The lowest BCUT2D eigenvalue weighted by Crippen LogP contribution is -1.62. The van der Waals surface area contributed by atoms with E-state index in [-0.39, 0.29) is 9.68 Å². The number of hydrogen-bond donors (Lipinski definition) is 0. The Hall–Kier alpha value is -0.443. The molecule has 26 valence electrons. The predicted octanol–water partition coefficient (Wildman–Crippen LogP) is 0.00720. The summed E-state index contributed by atoms with van der Waals surface area (Å²) in [7, 11) is -0.179. The minimum atomic E-state index is -0.179. The van der Waals surface area contributed by atoms with E-state index in [9.17, 15) is 0 Å². The SMILES string of the molecule is C1=C[SiH2]N=N1. The van der Waals surface area contributed by atoms with Gasteiger partial charge in [0.05, 0.1) is 0 Å². The molecule has 0 spiro atoms. The molecule has 0 aliphatic carbocycles.